The van der Waals surface area contributed by atoms with E-state index in [2.05, 4.69) is 5.32 Å². The van der Waals surface area contributed by atoms with Crippen molar-refractivity contribution < 1.29 is 9.53 Å². The van der Waals surface area contributed by atoms with Gasteiger partial charge in [-0.3, -0.25) is 4.79 Å². The molecule has 0 spiro atoms. The predicted molar refractivity (Wildman–Crippen MR) is 75.3 cm³/mol. The minimum Gasteiger partial charge on any atom is -0.496 e. The average Bonchev–Trinajstić information content (AvgIpc) is 2.45. The molecule has 0 radical (unpaired) electrons. The third-order valence-electron chi connectivity index (χ3n) is 3.02. The zero-order valence-electron chi connectivity index (χ0n) is 11.1. The molecule has 19 heavy (non-hydrogen) atoms. The third kappa shape index (κ3) is 3.13. The lowest BCUT2D eigenvalue weighted by Gasteiger charge is -2.10. The number of benzene rings is 2. The number of amides is 1. The maximum absolute atomic E-state index is 12.1. The largest absolute Gasteiger partial charge is 0.496 e. The lowest BCUT2D eigenvalue weighted by molar-refractivity contribution is 0.0950. The first kappa shape index (κ1) is 13.1. The second-order valence-electron chi connectivity index (χ2n) is 4.31. The van der Waals surface area contributed by atoms with E-state index in [1.807, 2.05) is 55.5 Å². The molecule has 2 aromatic rings. The molecular formula is C16H17NO2. The van der Waals surface area contributed by atoms with Gasteiger partial charge in [0, 0.05) is 17.7 Å². The summed E-state index contributed by atoms with van der Waals surface area (Å²) >= 11 is 0. The Balaban J connectivity index is 2.07. The number of hydrogen-bond donors (Lipinski definition) is 1. The lowest BCUT2D eigenvalue weighted by Crippen LogP contribution is -2.23. The van der Waals surface area contributed by atoms with Gasteiger partial charge in [0.25, 0.3) is 5.91 Å². The first-order valence-corrected chi connectivity index (χ1v) is 6.18. The number of methoxy groups -OCH3 is 1. The summed E-state index contributed by atoms with van der Waals surface area (Å²) in [5.41, 5.74) is 2.64. The molecule has 3 heteroatoms. The standard InChI is InChI=1S/C16H17NO2/c1-12-7-3-5-9-14(12)16(18)17-11-13-8-4-6-10-15(13)19-2/h3-10H,11H2,1-2H3,(H,17,18). The molecule has 0 bridgehead atoms. The summed E-state index contributed by atoms with van der Waals surface area (Å²) in [6.45, 7) is 2.38. The van der Waals surface area contributed by atoms with E-state index < -0.39 is 0 Å². The van der Waals surface area contributed by atoms with E-state index in [0.29, 0.717) is 12.1 Å². The Morgan fingerprint density at radius 2 is 1.79 bits per heavy atom. The summed E-state index contributed by atoms with van der Waals surface area (Å²) in [6, 6.07) is 15.2. The fourth-order valence-corrected chi connectivity index (χ4v) is 1.95. The quantitative estimate of drug-likeness (QED) is 0.912. The summed E-state index contributed by atoms with van der Waals surface area (Å²) < 4.78 is 5.26. The van der Waals surface area contributed by atoms with Crippen molar-refractivity contribution in [3.8, 4) is 5.75 Å². The van der Waals surface area contributed by atoms with Crippen LogP contribution in [0.25, 0.3) is 0 Å². The average molecular weight is 255 g/mol. The molecular weight excluding hydrogens is 238 g/mol. The fourth-order valence-electron chi connectivity index (χ4n) is 1.95. The number of para-hydroxylation sites is 1. The van der Waals surface area contributed by atoms with Crippen LogP contribution in [0.5, 0.6) is 5.75 Å². The van der Waals surface area contributed by atoms with Crippen LogP contribution in [0.15, 0.2) is 48.5 Å². The molecule has 2 aromatic carbocycles. The van der Waals surface area contributed by atoms with Crippen molar-refractivity contribution in [3.05, 3.63) is 65.2 Å². The van der Waals surface area contributed by atoms with Crippen molar-refractivity contribution >= 4 is 5.91 Å². The van der Waals surface area contributed by atoms with Gasteiger partial charge in [-0.1, -0.05) is 36.4 Å². The molecule has 0 aliphatic carbocycles. The minimum atomic E-state index is -0.0657. The van der Waals surface area contributed by atoms with Gasteiger partial charge in [-0.15, -0.1) is 0 Å². The minimum absolute atomic E-state index is 0.0657. The second kappa shape index (κ2) is 6.05. The van der Waals surface area contributed by atoms with Crippen LogP contribution < -0.4 is 10.1 Å². The van der Waals surface area contributed by atoms with Gasteiger partial charge in [0.2, 0.25) is 0 Å². The summed E-state index contributed by atoms with van der Waals surface area (Å²) in [6.07, 6.45) is 0. The highest BCUT2D eigenvalue weighted by Crippen LogP contribution is 2.17. The van der Waals surface area contributed by atoms with Gasteiger partial charge in [0.05, 0.1) is 7.11 Å². The van der Waals surface area contributed by atoms with Gasteiger partial charge in [-0.2, -0.15) is 0 Å². The third-order valence-corrected chi connectivity index (χ3v) is 3.02. The number of carbonyl (C=O) groups is 1. The van der Waals surface area contributed by atoms with E-state index in [4.69, 9.17) is 4.74 Å². The van der Waals surface area contributed by atoms with Crippen LogP contribution in [0.1, 0.15) is 21.5 Å². The molecule has 0 fully saturated rings. The highest BCUT2D eigenvalue weighted by Gasteiger charge is 2.09. The molecule has 0 aliphatic rings. The lowest BCUT2D eigenvalue weighted by atomic mass is 10.1. The van der Waals surface area contributed by atoms with Crippen LogP contribution >= 0.6 is 0 Å². The molecule has 0 aromatic heterocycles. The van der Waals surface area contributed by atoms with Gasteiger partial charge < -0.3 is 10.1 Å². The van der Waals surface area contributed by atoms with E-state index in [9.17, 15) is 4.79 Å². The van der Waals surface area contributed by atoms with Gasteiger partial charge in [-0.05, 0) is 24.6 Å². The second-order valence-corrected chi connectivity index (χ2v) is 4.31. The van der Waals surface area contributed by atoms with E-state index in [1.54, 1.807) is 7.11 Å². The molecule has 1 N–H and O–H groups in total. The molecule has 0 unspecified atom stereocenters. The molecule has 0 saturated heterocycles. The van der Waals surface area contributed by atoms with Crippen molar-refractivity contribution in [2.75, 3.05) is 7.11 Å². The zero-order valence-corrected chi connectivity index (χ0v) is 11.1. The maximum Gasteiger partial charge on any atom is 0.251 e. The van der Waals surface area contributed by atoms with E-state index in [-0.39, 0.29) is 5.91 Å². The molecule has 98 valence electrons. The van der Waals surface area contributed by atoms with Gasteiger partial charge >= 0.3 is 0 Å². The first-order chi connectivity index (χ1) is 9.22. The smallest absolute Gasteiger partial charge is 0.251 e. The highest BCUT2D eigenvalue weighted by molar-refractivity contribution is 5.95. The number of ether oxygens (including phenoxy) is 1. The molecule has 3 nitrogen and oxygen atoms in total. The maximum atomic E-state index is 12.1. The van der Waals surface area contributed by atoms with Gasteiger partial charge in [-0.25, -0.2) is 0 Å². The number of carbonyl (C=O) groups excluding carboxylic acids is 1. The van der Waals surface area contributed by atoms with Gasteiger partial charge in [0.1, 0.15) is 5.75 Å². The SMILES string of the molecule is COc1ccccc1CNC(=O)c1ccccc1C. The molecule has 0 aliphatic heterocycles. The van der Waals surface area contributed by atoms with Crippen LogP contribution in [0.3, 0.4) is 0 Å². The number of aryl methyl sites for hydroxylation is 1. The molecule has 0 atom stereocenters. The molecule has 2 rings (SSSR count). The summed E-state index contributed by atoms with van der Waals surface area (Å²) in [5, 5.41) is 2.91. The Bertz CT molecular complexity index is 578. The van der Waals surface area contributed by atoms with Crippen LogP contribution in [0.2, 0.25) is 0 Å². The summed E-state index contributed by atoms with van der Waals surface area (Å²) in [5.74, 6) is 0.719. The Morgan fingerprint density at radius 3 is 2.53 bits per heavy atom. The van der Waals surface area contributed by atoms with Crippen molar-refractivity contribution in [2.24, 2.45) is 0 Å². The Labute approximate surface area is 113 Å². The normalized spacial score (nSPS) is 10.0. The first-order valence-electron chi connectivity index (χ1n) is 6.18. The Kier molecular flexibility index (Phi) is 4.18. The molecule has 1 amide bonds. The van der Waals surface area contributed by atoms with E-state index >= 15 is 0 Å². The van der Waals surface area contributed by atoms with E-state index in [1.165, 1.54) is 0 Å². The fraction of sp³-hybridized carbons (Fsp3) is 0.188. The highest BCUT2D eigenvalue weighted by atomic mass is 16.5. The monoisotopic (exact) mass is 255 g/mol. The predicted octanol–water partition coefficient (Wildman–Crippen LogP) is 2.93. The van der Waals surface area contributed by atoms with Crippen molar-refractivity contribution in [3.63, 3.8) is 0 Å². The van der Waals surface area contributed by atoms with Crippen LogP contribution in [-0.2, 0) is 6.54 Å². The summed E-state index contributed by atoms with van der Waals surface area (Å²) in [7, 11) is 1.63. The Morgan fingerprint density at radius 1 is 1.11 bits per heavy atom. The van der Waals surface area contributed by atoms with Crippen molar-refractivity contribution in [1.29, 1.82) is 0 Å². The zero-order chi connectivity index (χ0) is 13.7. The Hall–Kier alpha value is -2.29. The number of hydrogen-bond acceptors (Lipinski definition) is 2. The van der Waals surface area contributed by atoms with E-state index in [0.717, 1.165) is 16.9 Å². The topological polar surface area (TPSA) is 38.3 Å². The van der Waals surface area contributed by atoms with Crippen LogP contribution in [-0.4, -0.2) is 13.0 Å². The van der Waals surface area contributed by atoms with Crippen molar-refractivity contribution in [2.45, 2.75) is 13.5 Å². The number of rotatable bonds is 4. The summed E-state index contributed by atoms with van der Waals surface area (Å²) in [4.78, 5) is 12.1. The van der Waals surface area contributed by atoms with Crippen LogP contribution in [0, 0.1) is 6.92 Å². The van der Waals surface area contributed by atoms with Gasteiger partial charge in [0.15, 0.2) is 0 Å². The molecule has 0 heterocycles. The molecule has 0 saturated carbocycles. The number of nitrogens with one attached hydrogen (secondary N) is 1. The van der Waals surface area contributed by atoms with Crippen LogP contribution in [0.4, 0.5) is 0 Å². The van der Waals surface area contributed by atoms with Crippen molar-refractivity contribution in [1.82, 2.24) is 5.32 Å².